The average Bonchev–Trinajstić information content (AvgIpc) is 2.26. The van der Waals surface area contributed by atoms with E-state index in [0.29, 0.717) is 23.8 Å². The maximum absolute atomic E-state index is 10.3. The monoisotopic (exact) mass is 257 g/mol. The molecule has 0 aliphatic heterocycles. The number of aliphatic hydroxyl groups excluding tert-OH is 1. The maximum atomic E-state index is 10.3. The van der Waals surface area contributed by atoms with E-state index in [1.165, 1.54) is 6.42 Å². The van der Waals surface area contributed by atoms with E-state index in [4.69, 9.17) is 4.74 Å². The minimum Gasteiger partial charge on any atom is -0.393 e. The van der Waals surface area contributed by atoms with Crippen molar-refractivity contribution < 1.29 is 9.84 Å². The van der Waals surface area contributed by atoms with Crippen LogP contribution >= 0.6 is 0 Å². The number of hydrogen-bond donors (Lipinski definition) is 1. The van der Waals surface area contributed by atoms with Crippen molar-refractivity contribution in [3.63, 3.8) is 0 Å². The first-order valence-electron chi connectivity index (χ1n) is 7.36. The van der Waals surface area contributed by atoms with Gasteiger partial charge in [-0.15, -0.1) is 0 Å². The van der Waals surface area contributed by atoms with Crippen molar-refractivity contribution in [3.05, 3.63) is 0 Å². The lowest BCUT2D eigenvalue weighted by atomic mass is 9.73. The Balaban J connectivity index is 2.56. The Labute approximate surface area is 113 Å². The van der Waals surface area contributed by atoms with Gasteiger partial charge in [-0.3, -0.25) is 4.90 Å². The van der Waals surface area contributed by atoms with Gasteiger partial charge in [-0.25, -0.2) is 0 Å². The van der Waals surface area contributed by atoms with Crippen molar-refractivity contribution in [1.29, 1.82) is 0 Å². The Bertz CT molecular complexity index is 221. The fourth-order valence-electron chi connectivity index (χ4n) is 3.21. The van der Waals surface area contributed by atoms with Gasteiger partial charge in [0.1, 0.15) is 0 Å². The molecule has 1 N–H and O–H groups in total. The topological polar surface area (TPSA) is 32.7 Å². The highest BCUT2D eigenvalue weighted by Crippen LogP contribution is 2.34. The Kier molecular flexibility index (Phi) is 6.61. The molecule has 0 aromatic heterocycles. The van der Waals surface area contributed by atoms with Gasteiger partial charge in [-0.2, -0.15) is 0 Å². The van der Waals surface area contributed by atoms with Gasteiger partial charge >= 0.3 is 0 Å². The van der Waals surface area contributed by atoms with Crippen LogP contribution < -0.4 is 0 Å². The Morgan fingerprint density at radius 3 is 2.44 bits per heavy atom. The second-order valence-electron chi connectivity index (χ2n) is 6.37. The minimum absolute atomic E-state index is 0.132. The molecule has 0 aromatic carbocycles. The predicted octanol–water partition coefficient (Wildman–Crippen LogP) is 2.39. The summed E-state index contributed by atoms with van der Waals surface area (Å²) >= 11 is 0. The second kappa shape index (κ2) is 7.46. The van der Waals surface area contributed by atoms with Gasteiger partial charge in [0, 0.05) is 32.2 Å². The molecule has 0 radical (unpaired) electrons. The van der Waals surface area contributed by atoms with Crippen LogP contribution in [0.3, 0.4) is 0 Å². The summed E-state index contributed by atoms with van der Waals surface area (Å²) in [4.78, 5) is 2.43. The van der Waals surface area contributed by atoms with Crippen LogP contribution in [-0.4, -0.2) is 49.0 Å². The Hall–Kier alpha value is -0.120. The fourth-order valence-corrected chi connectivity index (χ4v) is 3.21. The molecular formula is C15H31NO2. The molecule has 108 valence electrons. The molecule has 1 fully saturated rings. The molecule has 1 aliphatic rings. The van der Waals surface area contributed by atoms with Gasteiger partial charge in [-0.1, -0.05) is 13.8 Å². The summed E-state index contributed by atoms with van der Waals surface area (Å²) in [7, 11) is 1.75. The van der Waals surface area contributed by atoms with Crippen LogP contribution in [0, 0.1) is 17.8 Å². The summed E-state index contributed by atoms with van der Waals surface area (Å²) in [5.41, 5.74) is 0. The molecule has 0 heterocycles. The number of aliphatic hydroxyl groups is 1. The van der Waals surface area contributed by atoms with Gasteiger partial charge in [0.2, 0.25) is 0 Å². The van der Waals surface area contributed by atoms with Crippen LogP contribution in [0.4, 0.5) is 0 Å². The molecule has 3 heteroatoms. The third-order valence-corrected chi connectivity index (χ3v) is 4.40. The van der Waals surface area contributed by atoms with E-state index in [0.717, 1.165) is 26.1 Å². The zero-order valence-corrected chi connectivity index (χ0v) is 12.7. The lowest BCUT2D eigenvalue weighted by Gasteiger charge is -2.40. The number of nitrogens with zero attached hydrogens (tertiary/aromatic N) is 1. The van der Waals surface area contributed by atoms with Crippen molar-refractivity contribution in [1.82, 2.24) is 4.90 Å². The van der Waals surface area contributed by atoms with Crippen LogP contribution in [-0.2, 0) is 4.74 Å². The smallest absolute Gasteiger partial charge is 0.0589 e. The molecule has 1 rings (SSSR count). The maximum Gasteiger partial charge on any atom is 0.0589 e. The first-order chi connectivity index (χ1) is 8.45. The average molecular weight is 257 g/mol. The van der Waals surface area contributed by atoms with Gasteiger partial charge in [0.05, 0.1) is 12.7 Å². The molecule has 0 saturated heterocycles. The largest absolute Gasteiger partial charge is 0.393 e. The first kappa shape index (κ1) is 15.9. The molecule has 1 saturated carbocycles. The van der Waals surface area contributed by atoms with Crippen molar-refractivity contribution in [2.75, 3.05) is 26.8 Å². The van der Waals surface area contributed by atoms with Crippen molar-refractivity contribution in [2.24, 2.45) is 17.8 Å². The molecule has 0 spiro atoms. The Morgan fingerprint density at radius 2 is 1.94 bits per heavy atom. The zero-order chi connectivity index (χ0) is 13.7. The minimum atomic E-state index is -0.132. The van der Waals surface area contributed by atoms with Crippen molar-refractivity contribution in [2.45, 2.75) is 52.7 Å². The molecule has 4 unspecified atom stereocenters. The van der Waals surface area contributed by atoms with Crippen LogP contribution in [0.15, 0.2) is 0 Å². The van der Waals surface area contributed by atoms with E-state index in [1.54, 1.807) is 7.11 Å². The number of methoxy groups -OCH3 is 1. The highest BCUT2D eigenvalue weighted by molar-refractivity contribution is 4.85. The SMILES string of the molecule is COCCN(CC1C(C)CC(C)CC1O)C(C)C. The van der Waals surface area contributed by atoms with Crippen LogP contribution in [0.25, 0.3) is 0 Å². The quantitative estimate of drug-likeness (QED) is 0.793. The standard InChI is InChI=1S/C15H31NO2/c1-11(2)16(6-7-18-5)10-14-13(4)8-12(3)9-15(14)17/h11-15,17H,6-10H2,1-5H3. The number of hydrogen-bond acceptors (Lipinski definition) is 3. The summed E-state index contributed by atoms with van der Waals surface area (Å²) in [5, 5.41) is 10.3. The van der Waals surface area contributed by atoms with Crippen LogP contribution in [0.1, 0.15) is 40.5 Å². The second-order valence-corrected chi connectivity index (χ2v) is 6.37. The molecule has 0 bridgehead atoms. The van der Waals surface area contributed by atoms with E-state index < -0.39 is 0 Å². The van der Waals surface area contributed by atoms with E-state index in [9.17, 15) is 5.11 Å². The normalized spacial score (nSPS) is 33.3. The van der Waals surface area contributed by atoms with E-state index in [1.807, 2.05) is 0 Å². The van der Waals surface area contributed by atoms with Crippen molar-refractivity contribution in [3.8, 4) is 0 Å². The molecule has 3 nitrogen and oxygen atoms in total. The van der Waals surface area contributed by atoms with Crippen molar-refractivity contribution >= 4 is 0 Å². The van der Waals surface area contributed by atoms with Gasteiger partial charge in [0.25, 0.3) is 0 Å². The van der Waals surface area contributed by atoms with Gasteiger partial charge in [-0.05, 0) is 38.5 Å². The fraction of sp³-hybridized carbons (Fsp3) is 1.00. The van der Waals surface area contributed by atoms with Gasteiger partial charge in [0.15, 0.2) is 0 Å². The summed E-state index contributed by atoms with van der Waals surface area (Å²) in [6.07, 6.45) is 2.08. The summed E-state index contributed by atoms with van der Waals surface area (Å²) in [5.74, 6) is 1.70. The lowest BCUT2D eigenvalue weighted by Crippen LogP contribution is -2.45. The summed E-state index contributed by atoms with van der Waals surface area (Å²) < 4.78 is 5.18. The van der Waals surface area contributed by atoms with E-state index >= 15 is 0 Å². The third kappa shape index (κ3) is 4.52. The zero-order valence-electron chi connectivity index (χ0n) is 12.7. The summed E-state index contributed by atoms with van der Waals surface area (Å²) in [6.45, 7) is 11.7. The lowest BCUT2D eigenvalue weighted by molar-refractivity contribution is -0.0105. The molecular weight excluding hydrogens is 226 g/mol. The third-order valence-electron chi connectivity index (χ3n) is 4.40. The molecule has 18 heavy (non-hydrogen) atoms. The van der Waals surface area contributed by atoms with E-state index in [-0.39, 0.29) is 6.10 Å². The summed E-state index contributed by atoms with van der Waals surface area (Å²) in [6, 6.07) is 0.513. The Morgan fingerprint density at radius 1 is 1.28 bits per heavy atom. The molecule has 1 aliphatic carbocycles. The van der Waals surface area contributed by atoms with Gasteiger partial charge < -0.3 is 9.84 Å². The number of rotatable bonds is 6. The van der Waals surface area contributed by atoms with Crippen LogP contribution in [0.5, 0.6) is 0 Å². The highest BCUT2D eigenvalue weighted by Gasteiger charge is 2.34. The predicted molar refractivity (Wildman–Crippen MR) is 75.6 cm³/mol. The molecule has 0 aromatic rings. The molecule has 4 atom stereocenters. The number of ether oxygens (including phenoxy) is 1. The van der Waals surface area contributed by atoms with E-state index in [2.05, 4.69) is 32.6 Å². The molecule has 0 amide bonds. The highest BCUT2D eigenvalue weighted by atomic mass is 16.5. The van der Waals surface area contributed by atoms with Crippen LogP contribution in [0.2, 0.25) is 0 Å². The first-order valence-corrected chi connectivity index (χ1v) is 7.36.